The van der Waals surface area contributed by atoms with E-state index in [9.17, 15) is 13.9 Å². The molecule has 0 bridgehead atoms. The van der Waals surface area contributed by atoms with E-state index in [0.29, 0.717) is 11.0 Å². The van der Waals surface area contributed by atoms with Gasteiger partial charge in [-0.05, 0) is 29.7 Å². The zero-order valence-electron chi connectivity index (χ0n) is 14.7. The van der Waals surface area contributed by atoms with Crippen molar-refractivity contribution < 1.29 is 52.6 Å². The fourth-order valence-corrected chi connectivity index (χ4v) is 3.19. The molecule has 0 aliphatic carbocycles. The standard InChI is InChI=1S/C18H9Cl2F2N3O3.Na/c19-10-6-24-7-11(20)15(10)25-17(26)8-1-2-13(28-18(21)22)16-14(8)9-5-23-4-3-12(9)27-16;/h1-7,18H,(H,24,25,26);/q;+1/p-1. The summed E-state index contributed by atoms with van der Waals surface area (Å²) >= 11 is 12.0. The van der Waals surface area contributed by atoms with Gasteiger partial charge in [0.15, 0.2) is 11.3 Å². The average molecular weight is 446 g/mol. The summed E-state index contributed by atoms with van der Waals surface area (Å²) in [6, 6.07) is 4.07. The molecule has 3 aromatic heterocycles. The van der Waals surface area contributed by atoms with Gasteiger partial charge in [-0.15, -0.1) is 0 Å². The normalized spacial score (nSPS) is 11.8. The Labute approximate surface area is 194 Å². The quantitative estimate of drug-likeness (QED) is 0.271. The van der Waals surface area contributed by atoms with E-state index < -0.39 is 12.5 Å². The van der Waals surface area contributed by atoms with Gasteiger partial charge >= 0.3 is 36.2 Å². The number of rotatable bonds is 4. The van der Waals surface area contributed by atoms with Gasteiger partial charge in [-0.3, -0.25) is 15.0 Å². The topological polar surface area (TPSA) is 83.6 Å². The third-order valence-electron chi connectivity index (χ3n) is 3.87. The monoisotopic (exact) mass is 445 g/mol. The van der Waals surface area contributed by atoms with Crippen LogP contribution in [-0.4, -0.2) is 22.5 Å². The number of furan rings is 1. The second kappa shape index (κ2) is 8.81. The molecule has 1 aromatic carbocycles. The van der Waals surface area contributed by atoms with Gasteiger partial charge in [0, 0.05) is 35.6 Å². The maximum atomic E-state index is 12.9. The molecule has 0 aliphatic heterocycles. The maximum absolute atomic E-state index is 12.9. The fourth-order valence-electron chi connectivity index (χ4n) is 2.74. The summed E-state index contributed by atoms with van der Waals surface area (Å²) in [5.41, 5.74) is 0.475. The van der Waals surface area contributed by atoms with Gasteiger partial charge < -0.3 is 14.3 Å². The Hall–Kier alpha value is -1.97. The molecule has 0 aliphatic rings. The van der Waals surface area contributed by atoms with Crippen LogP contribution in [0.2, 0.25) is 10.0 Å². The number of aliphatic imine (C=N–C) groups is 1. The minimum absolute atomic E-state index is 0. The van der Waals surface area contributed by atoms with E-state index in [-0.39, 0.29) is 67.6 Å². The summed E-state index contributed by atoms with van der Waals surface area (Å²) in [6.07, 6.45) is 5.52. The summed E-state index contributed by atoms with van der Waals surface area (Å²) in [5, 5.41) is 13.7. The van der Waals surface area contributed by atoms with Crippen molar-refractivity contribution in [3.63, 3.8) is 0 Å². The third kappa shape index (κ3) is 4.17. The molecule has 0 fully saturated rings. The number of nitrogens with zero attached hydrogens (tertiary/aromatic N) is 3. The molecule has 0 saturated carbocycles. The van der Waals surface area contributed by atoms with Gasteiger partial charge in [-0.2, -0.15) is 8.78 Å². The summed E-state index contributed by atoms with van der Waals surface area (Å²) in [6.45, 7) is -3.06. The van der Waals surface area contributed by atoms with Gasteiger partial charge in [0.05, 0.1) is 10.0 Å². The van der Waals surface area contributed by atoms with Gasteiger partial charge in [0.2, 0.25) is 0 Å². The third-order valence-corrected chi connectivity index (χ3v) is 4.43. The molecule has 0 N–H and O–H groups in total. The Morgan fingerprint density at radius 3 is 2.52 bits per heavy atom. The molecule has 0 unspecified atom stereocenters. The molecule has 4 rings (SSSR count). The molecule has 3 heterocycles. The SMILES string of the molecule is [Na+].[O-]C(=Nc1c(Cl)cncc1Cl)c1ccc(OC(F)F)c2oc3ccncc3c12. The van der Waals surface area contributed by atoms with E-state index in [1.165, 1.54) is 36.9 Å². The van der Waals surface area contributed by atoms with Crippen LogP contribution in [0.25, 0.3) is 21.9 Å². The van der Waals surface area contributed by atoms with Crippen LogP contribution < -0.4 is 39.4 Å². The van der Waals surface area contributed by atoms with Crippen LogP contribution in [0.15, 0.2) is 52.4 Å². The number of hydrogen-bond acceptors (Lipinski definition) is 6. The van der Waals surface area contributed by atoms with Crippen molar-refractivity contribution in [3.05, 3.63) is 58.6 Å². The van der Waals surface area contributed by atoms with Gasteiger partial charge in [0.1, 0.15) is 11.3 Å². The molecule has 0 radical (unpaired) electrons. The van der Waals surface area contributed by atoms with Crippen LogP contribution in [0.5, 0.6) is 5.75 Å². The molecule has 4 aromatic rings. The van der Waals surface area contributed by atoms with Crippen molar-refractivity contribution >= 4 is 56.7 Å². The Balaban J connectivity index is 0.00000240. The number of halogens is 4. The van der Waals surface area contributed by atoms with E-state index in [1.807, 2.05) is 0 Å². The summed E-state index contributed by atoms with van der Waals surface area (Å²) in [4.78, 5) is 11.8. The van der Waals surface area contributed by atoms with Gasteiger partial charge in [0.25, 0.3) is 0 Å². The Morgan fingerprint density at radius 1 is 1.10 bits per heavy atom. The molecule has 0 atom stereocenters. The molecule has 29 heavy (non-hydrogen) atoms. The Bertz CT molecular complexity index is 1210. The molecule has 0 amide bonds. The van der Waals surface area contributed by atoms with Crippen molar-refractivity contribution in [3.8, 4) is 5.75 Å². The van der Waals surface area contributed by atoms with Crippen LogP contribution in [0.1, 0.15) is 5.56 Å². The molecular formula is C18H8Cl2F2N3NaO3. The summed E-state index contributed by atoms with van der Waals surface area (Å²) in [5.74, 6) is -0.909. The first-order chi connectivity index (χ1) is 13.5. The number of fused-ring (bicyclic) bond motifs is 3. The number of aromatic nitrogens is 2. The van der Waals surface area contributed by atoms with E-state index in [0.717, 1.165) is 0 Å². The van der Waals surface area contributed by atoms with Gasteiger partial charge in [-0.1, -0.05) is 23.2 Å². The number of benzene rings is 1. The second-order valence-corrected chi connectivity index (χ2v) is 6.35. The maximum Gasteiger partial charge on any atom is 1.00 e. The minimum atomic E-state index is -3.06. The Kier molecular flexibility index (Phi) is 6.60. The van der Waals surface area contributed by atoms with Crippen molar-refractivity contribution in [1.29, 1.82) is 0 Å². The van der Waals surface area contributed by atoms with Crippen molar-refractivity contribution in [2.24, 2.45) is 4.99 Å². The van der Waals surface area contributed by atoms with Crippen LogP contribution in [0, 0.1) is 0 Å². The number of pyridine rings is 2. The first kappa shape index (κ1) is 21.7. The van der Waals surface area contributed by atoms with E-state index in [1.54, 1.807) is 6.07 Å². The zero-order valence-corrected chi connectivity index (χ0v) is 18.2. The fraction of sp³-hybridized carbons (Fsp3) is 0.0556. The first-order valence-electron chi connectivity index (χ1n) is 7.75. The molecule has 6 nitrogen and oxygen atoms in total. The average Bonchev–Trinajstić information content (AvgIpc) is 3.05. The van der Waals surface area contributed by atoms with E-state index in [4.69, 9.17) is 27.6 Å². The smallest absolute Gasteiger partial charge is 0.858 e. The van der Waals surface area contributed by atoms with Gasteiger partial charge in [-0.25, -0.2) is 0 Å². The molecule has 11 heteroatoms. The van der Waals surface area contributed by atoms with Crippen LogP contribution in [0.3, 0.4) is 0 Å². The predicted molar refractivity (Wildman–Crippen MR) is 98.6 cm³/mol. The first-order valence-corrected chi connectivity index (χ1v) is 8.50. The number of ether oxygens (including phenoxy) is 1. The van der Waals surface area contributed by atoms with Crippen molar-refractivity contribution in [2.75, 3.05) is 0 Å². The molecule has 0 spiro atoms. The van der Waals surface area contributed by atoms with E-state index >= 15 is 0 Å². The molecule has 0 saturated heterocycles. The minimum Gasteiger partial charge on any atom is -0.858 e. The summed E-state index contributed by atoms with van der Waals surface area (Å²) < 4.78 is 35.6. The predicted octanol–water partition coefficient (Wildman–Crippen LogP) is 1.73. The Morgan fingerprint density at radius 2 is 1.83 bits per heavy atom. The van der Waals surface area contributed by atoms with E-state index in [2.05, 4.69) is 19.7 Å². The second-order valence-electron chi connectivity index (χ2n) is 5.54. The molecular weight excluding hydrogens is 438 g/mol. The number of hydrogen-bond donors (Lipinski definition) is 0. The van der Waals surface area contributed by atoms with Crippen LogP contribution >= 0.6 is 23.2 Å². The molecule has 142 valence electrons. The number of alkyl halides is 2. The van der Waals surface area contributed by atoms with Crippen LogP contribution in [0.4, 0.5) is 14.5 Å². The van der Waals surface area contributed by atoms with Crippen molar-refractivity contribution in [2.45, 2.75) is 6.61 Å². The van der Waals surface area contributed by atoms with Crippen LogP contribution in [-0.2, 0) is 0 Å². The largest absolute Gasteiger partial charge is 1.00 e. The summed E-state index contributed by atoms with van der Waals surface area (Å²) in [7, 11) is 0. The van der Waals surface area contributed by atoms with Crippen molar-refractivity contribution in [1.82, 2.24) is 9.97 Å². The zero-order chi connectivity index (χ0) is 19.8.